The molecule has 1 heterocycles. The van der Waals surface area contributed by atoms with E-state index in [1.807, 2.05) is 24.3 Å². The topological polar surface area (TPSA) is 51.2 Å². The molecule has 7 heteroatoms. The van der Waals surface area contributed by atoms with Crippen molar-refractivity contribution in [2.75, 3.05) is 46.8 Å². The predicted molar refractivity (Wildman–Crippen MR) is 147 cm³/mol. The number of nitrogens with one attached hydrogen (secondary N) is 1. The number of carbonyl (C=O) groups excluding carboxylic acids is 1. The average molecular weight is 564 g/mol. The normalized spacial score (nSPS) is 15.5. The zero-order valence-electron chi connectivity index (χ0n) is 20.3. The highest BCUT2D eigenvalue weighted by Crippen LogP contribution is 2.25. The Bertz CT molecular complexity index is 877. The van der Waals surface area contributed by atoms with E-state index in [1.54, 1.807) is 19.0 Å². The first-order valence-corrected chi connectivity index (χ1v) is 11.7. The van der Waals surface area contributed by atoms with Crippen molar-refractivity contribution in [3.8, 4) is 0 Å². The maximum Gasteiger partial charge on any atom is 0.253 e. The van der Waals surface area contributed by atoms with E-state index in [9.17, 15) is 4.79 Å². The van der Waals surface area contributed by atoms with Crippen LogP contribution in [0.5, 0.6) is 0 Å². The third-order valence-electron chi connectivity index (χ3n) is 5.98. The van der Waals surface area contributed by atoms with Gasteiger partial charge in [-0.15, -0.1) is 24.0 Å². The lowest BCUT2D eigenvalue weighted by atomic mass is 10.0. The second-order valence-corrected chi connectivity index (χ2v) is 8.42. The van der Waals surface area contributed by atoms with Gasteiger partial charge in [-0.25, -0.2) is 4.99 Å². The Morgan fingerprint density at radius 1 is 1.00 bits per heavy atom. The molecular formula is C26H38IN5O. The SMILES string of the molecule is CCNC(=NCc1ccc(C(=O)N(C)C)cc1)N1CCN(C(CC)c2ccccc2)CC1.I. The summed E-state index contributed by atoms with van der Waals surface area (Å²) in [5.74, 6) is 0.987. The molecule has 1 aliphatic heterocycles. The summed E-state index contributed by atoms with van der Waals surface area (Å²) >= 11 is 0. The molecule has 3 rings (SSSR count). The molecule has 0 bridgehead atoms. The minimum Gasteiger partial charge on any atom is -0.357 e. The van der Waals surface area contributed by atoms with Crippen molar-refractivity contribution in [3.05, 3.63) is 71.3 Å². The first-order valence-electron chi connectivity index (χ1n) is 11.7. The number of piperazine rings is 1. The summed E-state index contributed by atoms with van der Waals surface area (Å²) in [6.45, 7) is 9.80. The third kappa shape index (κ3) is 7.43. The van der Waals surface area contributed by atoms with Gasteiger partial charge in [0.05, 0.1) is 6.54 Å². The van der Waals surface area contributed by atoms with E-state index in [2.05, 4.69) is 59.3 Å². The van der Waals surface area contributed by atoms with Gasteiger partial charge in [-0.05, 0) is 36.6 Å². The number of guanidine groups is 1. The highest BCUT2D eigenvalue weighted by atomic mass is 127. The molecule has 6 nitrogen and oxygen atoms in total. The van der Waals surface area contributed by atoms with Gasteiger partial charge in [0.15, 0.2) is 5.96 Å². The number of halogens is 1. The Morgan fingerprint density at radius 3 is 2.18 bits per heavy atom. The molecule has 2 aromatic carbocycles. The molecule has 1 saturated heterocycles. The summed E-state index contributed by atoms with van der Waals surface area (Å²) < 4.78 is 0. The average Bonchev–Trinajstić information content (AvgIpc) is 2.83. The van der Waals surface area contributed by atoms with Crippen LogP contribution in [0.2, 0.25) is 0 Å². The van der Waals surface area contributed by atoms with Crippen molar-refractivity contribution in [3.63, 3.8) is 0 Å². The van der Waals surface area contributed by atoms with Gasteiger partial charge in [0.1, 0.15) is 0 Å². The molecule has 1 amide bonds. The van der Waals surface area contributed by atoms with Crippen molar-refractivity contribution in [2.24, 2.45) is 4.99 Å². The van der Waals surface area contributed by atoms with E-state index in [0.717, 1.165) is 50.7 Å². The number of hydrogen-bond donors (Lipinski definition) is 1. The quantitative estimate of drug-likeness (QED) is 0.311. The van der Waals surface area contributed by atoms with Gasteiger partial charge < -0.3 is 15.1 Å². The number of benzene rings is 2. The van der Waals surface area contributed by atoms with Gasteiger partial charge in [-0.2, -0.15) is 0 Å². The van der Waals surface area contributed by atoms with E-state index in [-0.39, 0.29) is 29.9 Å². The number of nitrogens with zero attached hydrogens (tertiary/aromatic N) is 4. The predicted octanol–water partition coefficient (Wildman–Crippen LogP) is 4.24. The molecule has 0 aliphatic carbocycles. The fraction of sp³-hybridized carbons (Fsp3) is 0.462. The van der Waals surface area contributed by atoms with Crippen molar-refractivity contribution in [1.82, 2.24) is 20.0 Å². The summed E-state index contributed by atoms with van der Waals surface area (Å²) in [5, 5.41) is 3.45. The van der Waals surface area contributed by atoms with Crippen LogP contribution in [0.3, 0.4) is 0 Å². The standard InChI is InChI=1S/C26H37N5O.HI/c1-5-24(22-10-8-7-9-11-22)30-16-18-31(19-17-30)26(27-6-2)28-20-21-12-14-23(15-13-21)25(32)29(3)4;/h7-15,24H,5-6,16-20H2,1-4H3,(H,27,28);1H. The van der Waals surface area contributed by atoms with Crippen LogP contribution in [0, 0.1) is 0 Å². The fourth-order valence-corrected chi connectivity index (χ4v) is 4.23. The van der Waals surface area contributed by atoms with Crippen molar-refractivity contribution >= 4 is 35.8 Å². The zero-order chi connectivity index (χ0) is 22.9. The highest BCUT2D eigenvalue weighted by molar-refractivity contribution is 14.0. The molecule has 1 N–H and O–H groups in total. The third-order valence-corrected chi connectivity index (χ3v) is 5.98. The molecule has 0 spiro atoms. The highest BCUT2D eigenvalue weighted by Gasteiger charge is 2.25. The molecule has 0 radical (unpaired) electrons. The molecule has 2 aromatic rings. The van der Waals surface area contributed by atoms with E-state index in [4.69, 9.17) is 4.99 Å². The van der Waals surface area contributed by atoms with Gasteiger partial charge >= 0.3 is 0 Å². The Kier molecular flexibility index (Phi) is 11.1. The Hall–Kier alpha value is -2.13. The number of carbonyl (C=O) groups is 1. The minimum atomic E-state index is 0. The lowest BCUT2D eigenvalue weighted by Crippen LogP contribution is -2.53. The second-order valence-electron chi connectivity index (χ2n) is 8.42. The van der Waals surface area contributed by atoms with Gasteiger partial charge in [-0.1, -0.05) is 49.4 Å². The summed E-state index contributed by atoms with van der Waals surface area (Å²) in [7, 11) is 3.54. The van der Waals surface area contributed by atoms with Gasteiger partial charge in [0, 0.05) is 58.4 Å². The van der Waals surface area contributed by atoms with Crippen LogP contribution < -0.4 is 5.32 Å². The van der Waals surface area contributed by atoms with Crippen LogP contribution >= 0.6 is 24.0 Å². The largest absolute Gasteiger partial charge is 0.357 e. The number of aliphatic imine (C=N–C) groups is 1. The van der Waals surface area contributed by atoms with Crippen LogP contribution in [0.1, 0.15) is 47.8 Å². The Morgan fingerprint density at radius 2 is 1.64 bits per heavy atom. The number of rotatable bonds is 7. The molecule has 1 atom stereocenters. The molecule has 1 aliphatic rings. The Balaban J connectivity index is 0.00000385. The van der Waals surface area contributed by atoms with E-state index in [1.165, 1.54) is 5.56 Å². The van der Waals surface area contributed by atoms with Crippen LogP contribution in [0.25, 0.3) is 0 Å². The summed E-state index contributed by atoms with van der Waals surface area (Å²) in [5.41, 5.74) is 3.21. The van der Waals surface area contributed by atoms with Crippen LogP contribution in [-0.2, 0) is 6.54 Å². The van der Waals surface area contributed by atoms with Crippen LogP contribution in [0.15, 0.2) is 59.6 Å². The van der Waals surface area contributed by atoms with Gasteiger partial charge in [-0.3, -0.25) is 9.69 Å². The fourth-order valence-electron chi connectivity index (χ4n) is 4.23. The Labute approximate surface area is 216 Å². The van der Waals surface area contributed by atoms with Crippen LogP contribution in [0.4, 0.5) is 0 Å². The lowest BCUT2D eigenvalue weighted by Gasteiger charge is -2.40. The smallest absolute Gasteiger partial charge is 0.253 e. The van der Waals surface area contributed by atoms with E-state index in [0.29, 0.717) is 18.2 Å². The number of hydrogen-bond acceptors (Lipinski definition) is 3. The molecule has 1 unspecified atom stereocenters. The first kappa shape index (κ1) is 27.1. The monoisotopic (exact) mass is 563 g/mol. The molecule has 33 heavy (non-hydrogen) atoms. The summed E-state index contributed by atoms with van der Waals surface area (Å²) in [4.78, 5) is 23.5. The van der Waals surface area contributed by atoms with Crippen molar-refractivity contribution in [1.29, 1.82) is 0 Å². The van der Waals surface area contributed by atoms with Crippen LogP contribution in [-0.4, -0.2) is 73.4 Å². The van der Waals surface area contributed by atoms with Crippen molar-refractivity contribution in [2.45, 2.75) is 32.9 Å². The van der Waals surface area contributed by atoms with Crippen molar-refractivity contribution < 1.29 is 4.79 Å². The second kappa shape index (κ2) is 13.5. The lowest BCUT2D eigenvalue weighted by molar-refractivity contribution is 0.0827. The first-order chi connectivity index (χ1) is 15.5. The van der Waals surface area contributed by atoms with Gasteiger partial charge in [0.25, 0.3) is 5.91 Å². The summed E-state index contributed by atoms with van der Waals surface area (Å²) in [6.07, 6.45) is 1.12. The van der Waals surface area contributed by atoms with Gasteiger partial charge in [0.2, 0.25) is 0 Å². The molecule has 1 fully saturated rings. The molecule has 0 saturated carbocycles. The zero-order valence-corrected chi connectivity index (χ0v) is 22.7. The molecular weight excluding hydrogens is 525 g/mol. The molecule has 0 aromatic heterocycles. The summed E-state index contributed by atoms with van der Waals surface area (Å²) in [6, 6.07) is 19.1. The maximum absolute atomic E-state index is 12.1. The minimum absolute atomic E-state index is 0. The molecule has 180 valence electrons. The van der Waals surface area contributed by atoms with E-state index >= 15 is 0 Å². The van der Waals surface area contributed by atoms with E-state index < -0.39 is 0 Å². The number of amides is 1. The maximum atomic E-state index is 12.1.